The molecule has 0 aliphatic carbocycles. The van der Waals surface area contributed by atoms with Gasteiger partial charge in [-0.05, 0) is 48.9 Å². The SMILES string of the molecule is Cc1ccccc1S(=O)(=O)NC(C)c1ccc(CC(C)C)cc1. The number of nitrogens with one attached hydrogen (secondary N) is 1. The lowest BCUT2D eigenvalue weighted by atomic mass is 10.0. The fourth-order valence-corrected chi connectivity index (χ4v) is 4.11. The van der Waals surface area contributed by atoms with Crippen LogP contribution in [0.25, 0.3) is 0 Å². The summed E-state index contributed by atoms with van der Waals surface area (Å²) in [6, 6.07) is 14.9. The van der Waals surface area contributed by atoms with Gasteiger partial charge in [0.1, 0.15) is 0 Å². The number of hydrogen-bond acceptors (Lipinski definition) is 2. The molecule has 0 spiro atoms. The molecular formula is C19H25NO2S. The standard InChI is InChI=1S/C19H25NO2S/c1-14(2)13-17-9-11-18(12-10-17)16(4)20-23(21,22)19-8-6-5-7-15(19)3/h5-12,14,16,20H,13H2,1-4H3. The average molecular weight is 331 g/mol. The van der Waals surface area contributed by atoms with Crippen molar-refractivity contribution in [3.63, 3.8) is 0 Å². The first kappa shape index (κ1) is 17.7. The smallest absolute Gasteiger partial charge is 0.207 e. The minimum absolute atomic E-state index is 0.271. The van der Waals surface area contributed by atoms with Gasteiger partial charge in [-0.2, -0.15) is 0 Å². The third-order valence-corrected chi connectivity index (χ3v) is 5.54. The number of aryl methyl sites for hydroxylation is 1. The number of hydrogen-bond donors (Lipinski definition) is 1. The van der Waals surface area contributed by atoms with Gasteiger partial charge >= 0.3 is 0 Å². The highest BCUT2D eigenvalue weighted by Crippen LogP contribution is 2.20. The first-order valence-electron chi connectivity index (χ1n) is 7.96. The second-order valence-corrected chi connectivity index (χ2v) is 8.13. The third-order valence-electron chi connectivity index (χ3n) is 3.84. The summed E-state index contributed by atoms with van der Waals surface area (Å²) in [6.07, 6.45) is 1.03. The van der Waals surface area contributed by atoms with Gasteiger partial charge < -0.3 is 0 Å². The molecule has 0 aliphatic rings. The number of rotatable bonds is 6. The predicted octanol–water partition coefficient (Wildman–Crippen LogP) is 4.23. The molecule has 0 aliphatic heterocycles. The fraction of sp³-hybridized carbons (Fsp3) is 0.368. The van der Waals surface area contributed by atoms with E-state index in [1.807, 2.05) is 25.1 Å². The molecule has 0 saturated heterocycles. The van der Waals surface area contributed by atoms with Crippen molar-refractivity contribution in [1.82, 2.24) is 4.72 Å². The molecule has 2 aromatic carbocycles. The zero-order chi connectivity index (χ0) is 17.0. The highest BCUT2D eigenvalue weighted by atomic mass is 32.2. The highest BCUT2D eigenvalue weighted by molar-refractivity contribution is 7.89. The lowest BCUT2D eigenvalue weighted by Crippen LogP contribution is -2.27. The largest absolute Gasteiger partial charge is 0.241 e. The zero-order valence-electron chi connectivity index (χ0n) is 14.2. The van der Waals surface area contributed by atoms with Crippen LogP contribution in [0.4, 0.5) is 0 Å². The van der Waals surface area contributed by atoms with Crippen LogP contribution in [0.5, 0.6) is 0 Å². The molecule has 124 valence electrons. The van der Waals surface area contributed by atoms with E-state index >= 15 is 0 Å². The van der Waals surface area contributed by atoms with E-state index in [1.165, 1.54) is 5.56 Å². The molecule has 0 radical (unpaired) electrons. The molecule has 1 atom stereocenters. The van der Waals surface area contributed by atoms with Gasteiger partial charge in [-0.25, -0.2) is 13.1 Å². The van der Waals surface area contributed by atoms with Crippen LogP contribution in [0, 0.1) is 12.8 Å². The van der Waals surface area contributed by atoms with Crippen molar-refractivity contribution in [2.24, 2.45) is 5.92 Å². The monoisotopic (exact) mass is 331 g/mol. The van der Waals surface area contributed by atoms with Crippen molar-refractivity contribution in [2.75, 3.05) is 0 Å². The molecular weight excluding hydrogens is 306 g/mol. The van der Waals surface area contributed by atoms with Crippen molar-refractivity contribution in [2.45, 2.75) is 45.1 Å². The Morgan fingerprint density at radius 2 is 1.57 bits per heavy atom. The summed E-state index contributed by atoms with van der Waals surface area (Å²) in [4.78, 5) is 0.336. The van der Waals surface area contributed by atoms with Gasteiger partial charge in [-0.1, -0.05) is 56.3 Å². The van der Waals surface area contributed by atoms with Gasteiger partial charge in [0.15, 0.2) is 0 Å². The molecule has 1 unspecified atom stereocenters. The van der Waals surface area contributed by atoms with Gasteiger partial charge in [-0.3, -0.25) is 0 Å². The molecule has 0 fully saturated rings. The fourth-order valence-electron chi connectivity index (χ4n) is 2.64. The van der Waals surface area contributed by atoms with Gasteiger partial charge in [0.05, 0.1) is 4.90 Å². The summed E-state index contributed by atoms with van der Waals surface area (Å²) < 4.78 is 27.8. The van der Waals surface area contributed by atoms with Crippen molar-refractivity contribution in [1.29, 1.82) is 0 Å². The quantitative estimate of drug-likeness (QED) is 0.861. The van der Waals surface area contributed by atoms with E-state index in [4.69, 9.17) is 0 Å². The lowest BCUT2D eigenvalue weighted by molar-refractivity contribution is 0.566. The Morgan fingerprint density at radius 3 is 2.13 bits per heavy atom. The van der Waals surface area contributed by atoms with Gasteiger partial charge in [0, 0.05) is 6.04 Å². The maximum absolute atomic E-state index is 12.5. The summed E-state index contributed by atoms with van der Waals surface area (Å²) >= 11 is 0. The first-order valence-corrected chi connectivity index (χ1v) is 9.44. The molecule has 2 rings (SSSR count). The molecule has 0 amide bonds. The molecule has 2 aromatic rings. The molecule has 0 bridgehead atoms. The van der Waals surface area contributed by atoms with Crippen LogP contribution in [-0.2, 0) is 16.4 Å². The van der Waals surface area contributed by atoms with Crippen LogP contribution >= 0.6 is 0 Å². The maximum Gasteiger partial charge on any atom is 0.241 e. The molecule has 0 saturated carbocycles. The van der Waals surface area contributed by atoms with Crippen LogP contribution in [0.3, 0.4) is 0 Å². The Bertz CT molecular complexity index is 749. The predicted molar refractivity (Wildman–Crippen MR) is 94.9 cm³/mol. The maximum atomic E-state index is 12.5. The molecule has 4 heteroatoms. The normalized spacial score (nSPS) is 13.3. The summed E-state index contributed by atoms with van der Waals surface area (Å²) in [7, 11) is -3.52. The van der Waals surface area contributed by atoms with E-state index in [1.54, 1.807) is 25.1 Å². The minimum Gasteiger partial charge on any atom is -0.207 e. The van der Waals surface area contributed by atoms with E-state index in [0.29, 0.717) is 10.8 Å². The van der Waals surface area contributed by atoms with Gasteiger partial charge in [0.25, 0.3) is 0 Å². The number of benzene rings is 2. The Balaban J connectivity index is 2.15. The Hall–Kier alpha value is -1.65. The molecule has 3 nitrogen and oxygen atoms in total. The van der Waals surface area contributed by atoms with Crippen molar-refractivity contribution in [3.05, 3.63) is 65.2 Å². The van der Waals surface area contributed by atoms with Gasteiger partial charge in [-0.15, -0.1) is 0 Å². The summed E-state index contributed by atoms with van der Waals surface area (Å²) in [5.74, 6) is 0.609. The zero-order valence-corrected chi connectivity index (χ0v) is 15.0. The average Bonchev–Trinajstić information content (AvgIpc) is 2.47. The van der Waals surface area contributed by atoms with E-state index in [2.05, 4.69) is 30.7 Å². The van der Waals surface area contributed by atoms with Gasteiger partial charge in [0.2, 0.25) is 10.0 Å². The number of sulfonamides is 1. The molecule has 1 N–H and O–H groups in total. The minimum atomic E-state index is -3.52. The highest BCUT2D eigenvalue weighted by Gasteiger charge is 2.19. The van der Waals surface area contributed by atoms with Crippen LogP contribution in [0.15, 0.2) is 53.4 Å². The molecule has 23 heavy (non-hydrogen) atoms. The first-order chi connectivity index (χ1) is 10.8. The Morgan fingerprint density at radius 1 is 0.957 bits per heavy atom. The van der Waals surface area contributed by atoms with E-state index in [0.717, 1.165) is 17.5 Å². The van der Waals surface area contributed by atoms with Crippen LogP contribution in [0.2, 0.25) is 0 Å². The Kier molecular flexibility index (Phi) is 5.60. The van der Waals surface area contributed by atoms with Crippen LogP contribution < -0.4 is 4.72 Å². The van der Waals surface area contributed by atoms with E-state index in [-0.39, 0.29) is 6.04 Å². The van der Waals surface area contributed by atoms with Crippen molar-refractivity contribution >= 4 is 10.0 Å². The summed E-state index contributed by atoms with van der Waals surface area (Å²) in [6.45, 7) is 8.05. The second-order valence-electron chi connectivity index (χ2n) is 6.45. The van der Waals surface area contributed by atoms with Crippen LogP contribution in [0.1, 0.15) is 43.5 Å². The molecule has 0 aromatic heterocycles. The summed E-state index contributed by atoms with van der Waals surface area (Å²) in [5.41, 5.74) is 2.99. The van der Waals surface area contributed by atoms with Crippen molar-refractivity contribution < 1.29 is 8.42 Å². The second kappa shape index (κ2) is 7.28. The van der Waals surface area contributed by atoms with E-state index < -0.39 is 10.0 Å². The Labute approximate surface area is 139 Å². The third kappa shape index (κ3) is 4.66. The van der Waals surface area contributed by atoms with Crippen LogP contribution in [-0.4, -0.2) is 8.42 Å². The summed E-state index contributed by atoms with van der Waals surface area (Å²) in [5, 5.41) is 0. The van der Waals surface area contributed by atoms with Crippen molar-refractivity contribution in [3.8, 4) is 0 Å². The topological polar surface area (TPSA) is 46.2 Å². The lowest BCUT2D eigenvalue weighted by Gasteiger charge is -2.16. The molecule has 0 heterocycles. The van der Waals surface area contributed by atoms with E-state index in [9.17, 15) is 8.42 Å².